The van der Waals surface area contributed by atoms with E-state index in [0.717, 1.165) is 28.3 Å². The molecule has 3 nitrogen and oxygen atoms in total. The van der Waals surface area contributed by atoms with Crippen LogP contribution in [-0.2, 0) is 0 Å². The van der Waals surface area contributed by atoms with Crippen LogP contribution in [0.2, 0.25) is 0 Å². The Bertz CT molecular complexity index is 644. The Kier molecular flexibility index (Phi) is 4.06. The lowest BCUT2D eigenvalue weighted by Crippen LogP contribution is -2.28. The third-order valence-corrected chi connectivity index (χ3v) is 4.45. The number of rotatable bonds is 3. The molecule has 0 saturated carbocycles. The van der Waals surface area contributed by atoms with Crippen LogP contribution in [0.1, 0.15) is 18.5 Å². The largest absolute Gasteiger partial charge is 0.495 e. The van der Waals surface area contributed by atoms with Crippen LogP contribution in [0.15, 0.2) is 46.9 Å². The Labute approximate surface area is 133 Å². The predicted molar refractivity (Wildman–Crippen MR) is 88.2 cm³/mol. The number of hydrogen-bond donors (Lipinski definition) is 1. The van der Waals surface area contributed by atoms with E-state index in [9.17, 15) is 0 Å². The summed E-state index contributed by atoms with van der Waals surface area (Å²) in [7, 11) is 1.68. The topological polar surface area (TPSA) is 30.5 Å². The molecule has 1 heterocycles. The van der Waals surface area contributed by atoms with E-state index >= 15 is 0 Å². The molecule has 1 aliphatic heterocycles. The maximum Gasteiger partial charge on any atom is 0.135 e. The number of hydrogen-bond acceptors (Lipinski definition) is 3. The fraction of sp³-hybridized carbons (Fsp3) is 0.294. The van der Waals surface area contributed by atoms with Gasteiger partial charge in [0.1, 0.15) is 11.5 Å². The second-order valence-electron chi connectivity index (χ2n) is 5.30. The summed E-state index contributed by atoms with van der Waals surface area (Å²) in [6, 6.07) is 14.5. The van der Waals surface area contributed by atoms with Crippen molar-refractivity contribution in [2.45, 2.75) is 13.0 Å². The number of ether oxygens (including phenoxy) is 2. The van der Waals surface area contributed by atoms with Crippen molar-refractivity contribution in [3.05, 3.63) is 52.5 Å². The smallest absolute Gasteiger partial charge is 0.135 e. The summed E-state index contributed by atoms with van der Waals surface area (Å²) in [5.74, 6) is 2.19. The number of nitrogens with one attached hydrogen (secondary N) is 1. The second kappa shape index (κ2) is 5.98. The summed E-state index contributed by atoms with van der Waals surface area (Å²) >= 11 is 3.48. The first-order valence-electron chi connectivity index (χ1n) is 7.01. The summed E-state index contributed by atoms with van der Waals surface area (Å²) in [4.78, 5) is 0. The minimum absolute atomic E-state index is 0.237. The van der Waals surface area contributed by atoms with E-state index in [1.165, 1.54) is 5.56 Å². The van der Waals surface area contributed by atoms with E-state index in [1.54, 1.807) is 7.11 Å². The van der Waals surface area contributed by atoms with Crippen LogP contribution in [0.3, 0.4) is 0 Å². The third-order valence-electron chi connectivity index (χ3n) is 3.80. The zero-order chi connectivity index (χ0) is 14.8. The molecule has 21 heavy (non-hydrogen) atoms. The maximum atomic E-state index is 5.80. The number of benzene rings is 2. The molecule has 1 aliphatic rings. The lowest BCUT2D eigenvalue weighted by atomic mass is 9.92. The Morgan fingerprint density at radius 2 is 2.05 bits per heavy atom. The van der Waals surface area contributed by atoms with Gasteiger partial charge in [-0.1, -0.05) is 25.1 Å². The summed E-state index contributed by atoms with van der Waals surface area (Å²) in [5, 5.41) is 3.61. The van der Waals surface area contributed by atoms with Gasteiger partial charge in [-0.2, -0.15) is 0 Å². The fourth-order valence-electron chi connectivity index (χ4n) is 2.64. The van der Waals surface area contributed by atoms with E-state index in [0.29, 0.717) is 5.92 Å². The normalized spacial score (nSPS) is 20.3. The monoisotopic (exact) mass is 347 g/mol. The van der Waals surface area contributed by atoms with Crippen molar-refractivity contribution in [3.8, 4) is 11.5 Å². The quantitative estimate of drug-likeness (QED) is 0.877. The van der Waals surface area contributed by atoms with Crippen molar-refractivity contribution in [2.24, 2.45) is 5.92 Å². The maximum absolute atomic E-state index is 5.80. The molecule has 0 saturated heterocycles. The highest BCUT2D eigenvalue weighted by Gasteiger charge is 2.27. The number of fused-ring (bicyclic) bond motifs is 1. The van der Waals surface area contributed by atoms with Gasteiger partial charge in [-0.05, 0) is 34.1 Å². The highest BCUT2D eigenvalue weighted by Crippen LogP contribution is 2.38. The third kappa shape index (κ3) is 2.86. The van der Waals surface area contributed by atoms with Crippen molar-refractivity contribution in [3.63, 3.8) is 0 Å². The van der Waals surface area contributed by atoms with Crippen LogP contribution in [0.4, 0.5) is 5.69 Å². The van der Waals surface area contributed by atoms with Gasteiger partial charge in [0.15, 0.2) is 0 Å². The second-order valence-corrected chi connectivity index (χ2v) is 6.15. The molecule has 0 radical (unpaired) electrons. The molecule has 2 aromatic carbocycles. The van der Waals surface area contributed by atoms with E-state index in [2.05, 4.69) is 46.4 Å². The summed E-state index contributed by atoms with van der Waals surface area (Å²) in [6.07, 6.45) is 0. The Morgan fingerprint density at radius 3 is 2.86 bits per heavy atom. The first-order chi connectivity index (χ1) is 10.2. The van der Waals surface area contributed by atoms with Gasteiger partial charge in [-0.3, -0.25) is 0 Å². The Morgan fingerprint density at radius 1 is 1.24 bits per heavy atom. The first kappa shape index (κ1) is 14.3. The zero-order valence-electron chi connectivity index (χ0n) is 12.1. The number of anilines is 1. The lowest BCUT2D eigenvalue weighted by molar-refractivity contribution is 0.214. The first-order valence-corrected chi connectivity index (χ1v) is 7.80. The highest BCUT2D eigenvalue weighted by molar-refractivity contribution is 9.10. The lowest BCUT2D eigenvalue weighted by Gasteiger charge is -2.32. The minimum atomic E-state index is 0.237. The van der Waals surface area contributed by atoms with Gasteiger partial charge in [0.25, 0.3) is 0 Å². The molecular weight excluding hydrogens is 330 g/mol. The molecule has 0 amide bonds. The SMILES string of the molecule is COc1cc(NC2c3ccccc3OCC2C)ccc1Br. The van der Waals surface area contributed by atoms with Gasteiger partial charge >= 0.3 is 0 Å². The minimum Gasteiger partial charge on any atom is -0.495 e. The average Bonchev–Trinajstić information content (AvgIpc) is 2.52. The van der Waals surface area contributed by atoms with Crippen molar-refractivity contribution in [2.75, 3.05) is 19.0 Å². The van der Waals surface area contributed by atoms with Gasteiger partial charge < -0.3 is 14.8 Å². The average molecular weight is 348 g/mol. The predicted octanol–water partition coefficient (Wildman–Crippen LogP) is 4.64. The summed E-state index contributed by atoms with van der Waals surface area (Å²) in [6.45, 7) is 2.92. The van der Waals surface area contributed by atoms with Crippen LogP contribution in [-0.4, -0.2) is 13.7 Å². The van der Waals surface area contributed by atoms with Crippen LogP contribution in [0.25, 0.3) is 0 Å². The van der Waals surface area contributed by atoms with E-state index < -0.39 is 0 Å². The van der Waals surface area contributed by atoms with Gasteiger partial charge in [0, 0.05) is 23.2 Å². The summed E-state index contributed by atoms with van der Waals surface area (Å²) < 4.78 is 12.1. The van der Waals surface area contributed by atoms with Crippen molar-refractivity contribution in [1.29, 1.82) is 0 Å². The molecule has 2 aromatic rings. The fourth-order valence-corrected chi connectivity index (χ4v) is 3.05. The number of methoxy groups -OCH3 is 1. The molecule has 0 spiro atoms. The molecule has 0 aliphatic carbocycles. The van der Waals surface area contributed by atoms with Crippen LogP contribution in [0, 0.1) is 5.92 Å². The highest BCUT2D eigenvalue weighted by atomic mass is 79.9. The van der Waals surface area contributed by atoms with E-state index in [4.69, 9.17) is 9.47 Å². The van der Waals surface area contributed by atoms with Gasteiger partial charge in [0.2, 0.25) is 0 Å². The van der Waals surface area contributed by atoms with Crippen molar-refractivity contribution < 1.29 is 9.47 Å². The van der Waals surface area contributed by atoms with Crippen molar-refractivity contribution in [1.82, 2.24) is 0 Å². The Hall–Kier alpha value is -1.68. The van der Waals surface area contributed by atoms with Gasteiger partial charge in [-0.25, -0.2) is 0 Å². The van der Waals surface area contributed by atoms with Crippen molar-refractivity contribution >= 4 is 21.6 Å². The number of para-hydroxylation sites is 1. The molecule has 4 heteroatoms. The molecule has 3 rings (SSSR count). The van der Waals surface area contributed by atoms with E-state index in [-0.39, 0.29) is 6.04 Å². The molecule has 2 atom stereocenters. The van der Waals surface area contributed by atoms with Crippen LogP contribution in [0.5, 0.6) is 11.5 Å². The molecule has 1 N–H and O–H groups in total. The van der Waals surface area contributed by atoms with Crippen LogP contribution >= 0.6 is 15.9 Å². The summed E-state index contributed by atoms with van der Waals surface area (Å²) in [5.41, 5.74) is 2.25. The molecule has 0 fully saturated rings. The van der Waals surface area contributed by atoms with Gasteiger partial charge in [-0.15, -0.1) is 0 Å². The molecule has 0 bridgehead atoms. The van der Waals surface area contributed by atoms with Crippen LogP contribution < -0.4 is 14.8 Å². The molecule has 0 aromatic heterocycles. The Balaban J connectivity index is 1.90. The molecule has 2 unspecified atom stereocenters. The molecule has 110 valence electrons. The zero-order valence-corrected chi connectivity index (χ0v) is 13.7. The van der Waals surface area contributed by atoms with Gasteiger partial charge in [0.05, 0.1) is 24.2 Å². The number of halogens is 1. The standard InChI is InChI=1S/C17H18BrNO2/c1-11-10-21-15-6-4-3-5-13(15)17(11)19-12-7-8-14(18)16(9-12)20-2/h3-9,11,17,19H,10H2,1-2H3. The molecular formula is C17H18BrNO2. The van der Waals surface area contributed by atoms with E-state index in [1.807, 2.05) is 24.3 Å².